The number of amides is 1. The molecule has 2 N–H and O–H groups in total. The zero-order valence-electron chi connectivity index (χ0n) is 9.77. The van der Waals surface area contributed by atoms with Gasteiger partial charge in [-0.3, -0.25) is 9.89 Å². The molecule has 0 aliphatic carbocycles. The molecule has 1 atom stereocenters. The van der Waals surface area contributed by atoms with Crippen LogP contribution in [0.15, 0.2) is 30.6 Å². The minimum atomic E-state index is -0.189. The number of nitrogens with one attached hydrogen (secondary N) is 2. The van der Waals surface area contributed by atoms with Gasteiger partial charge >= 0.3 is 0 Å². The molecule has 17 heavy (non-hydrogen) atoms. The lowest BCUT2D eigenvalue weighted by Gasteiger charge is -2.11. The van der Waals surface area contributed by atoms with E-state index in [0.717, 1.165) is 5.56 Å². The van der Waals surface area contributed by atoms with Crippen molar-refractivity contribution in [3.8, 4) is 0 Å². The lowest BCUT2D eigenvalue weighted by Crippen LogP contribution is -2.27. The molecule has 5 heteroatoms. The van der Waals surface area contributed by atoms with Gasteiger partial charge in [-0.15, -0.1) is 0 Å². The lowest BCUT2D eigenvalue weighted by molar-refractivity contribution is 0.0938. The largest absolute Gasteiger partial charge is 0.342 e. The van der Waals surface area contributed by atoms with Gasteiger partial charge in [0.15, 0.2) is 0 Å². The molecule has 0 saturated heterocycles. The molecule has 2 rings (SSSR count). The van der Waals surface area contributed by atoms with E-state index in [1.54, 1.807) is 6.07 Å². The summed E-state index contributed by atoms with van der Waals surface area (Å²) in [6.45, 7) is 3.81. The van der Waals surface area contributed by atoms with E-state index in [1.165, 1.54) is 6.33 Å². The van der Waals surface area contributed by atoms with Gasteiger partial charge in [-0.1, -0.05) is 17.7 Å². The molecule has 0 fully saturated rings. The number of hydrogen-bond acceptors (Lipinski definition) is 3. The molecule has 5 nitrogen and oxygen atoms in total. The summed E-state index contributed by atoms with van der Waals surface area (Å²) in [5.41, 5.74) is 1.71. The molecule has 1 unspecified atom stereocenters. The number of rotatable bonds is 3. The van der Waals surface area contributed by atoms with Crippen molar-refractivity contribution in [2.45, 2.75) is 19.9 Å². The fraction of sp³-hybridized carbons (Fsp3) is 0.250. The quantitative estimate of drug-likeness (QED) is 0.841. The van der Waals surface area contributed by atoms with Crippen LogP contribution in [0.4, 0.5) is 0 Å². The van der Waals surface area contributed by atoms with E-state index in [2.05, 4.69) is 20.5 Å². The van der Waals surface area contributed by atoms with Gasteiger partial charge in [-0.05, 0) is 26.0 Å². The van der Waals surface area contributed by atoms with E-state index >= 15 is 0 Å². The van der Waals surface area contributed by atoms with Crippen molar-refractivity contribution < 1.29 is 4.79 Å². The Kier molecular flexibility index (Phi) is 3.18. The van der Waals surface area contributed by atoms with Gasteiger partial charge in [0, 0.05) is 5.56 Å². The average Bonchev–Trinajstić information content (AvgIpc) is 2.82. The first-order valence-electron chi connectivity index (χ1n) is 5.39. The first-order chi connectivity index (χ1) is 8.16. The third-order valence-corrected chi connectivity index (χ3v) is 2.47. The maximum atomic E-state index is 11.9. The predicted octanol–water partition coefficient (Wildman–Crippen LogP) is 1.60. The van der Waals surface area contributed by atoms with Crippen molar-refractivity contribution in [3.63, 3.8) is 0 Å². The van der Waals surface area contributed by atoms with E-state index in [4.69, 9.17) is 0 Å². The van der Waals surface area contributed by atoms with Crippen molar-refractivity contribution in [1.82, 2.24) is 20.5 Å². The van der Waals surface area contributed by atoms with Gasteiger partial charge in [-0.2, -0.15) is 5.10 Å². The Morgan fingerprint density at radius 2 is 2.29 bits per heavy atom. The maximum Gasteiger partial charge on any atom is 0.251 e. The molecule has 0 bridgehead atoms. The molecule has 0 aliphatic rings. The Bertz CT molecular complexity index is 507. The summed E-state index contributed by atoms with van der Waals surface area (Å²) >= 11 is 0. The highest BCUT2D eigenvalue weighted by molar-refractivity contribution is 5.94. The molecular weight excluding hydrogens is 216 g/mol. The van der Waals surface area contributed by atoms with Crippen LogP contribution in [0.2, 0.25) is 0 Å². The summed E-state index contributed by atoms with van der Waals surface area (Å²) < 4.78 is 0. The van der Waals surface area contributed by atoms with Crippen molar-refractivity contribution >= 4 is 5.91 Å². The molecule has 1 amide bonds. The van der Waals surface area contributed by atoms with Gasteiger partial charge in [0.2, 0.25) is 0 Å². The number of aromatic nitrogens is 3. The topological polar surface area (TPSA) is 70.7 Å². The van der Waals surface area contributed by atoms with Gasteiger partial charge in [-0.25, -0.2) is 4.98 Å². The second-order valence-corrected chi connectivity index (χ2v) is 3.94. The fourth-order valence-corrected chi connectivity index (χ4v) is 1.56. The highest BCUT2D eigenvalue weighted by atomic mass is 16.1. The number of H-pyrrole nitrogens is 1. The number of carbonyl (C=O) groups excluding carboxylic acids is 1. The van der Waals surface area contributed by atoms with E-state index in [0.29, 0.717) is 11.4 Å². The molecule has 2 aromatic rings. The smallest absolute Gasteiger partial charge is 0.251 e. The van der Waals surface area contributed by atoms with Gasteiger partial charge in [0.1, 0.15) is 12.2 Å². The number of aryl methyl sites for hydroxylation is 1. The summed E-state index contributed by atoms with van der Waals surface area (Å²) in [4.78, 5) is 15.9. The molecule has 1 aromatic heterocycles. The maximum absolute atomic E-state index is 11.9. The van der Waals surface area contributed by atoms with Crippen molar-refractivity contribution in [2.75, 3.05) is 0 Å². The third kappa shape index (κ3) is 2.69. The lowest BCUT2D eigenvalue weighted by atomic mass is 10.1. The Labute approximate surface area is 99.3 Å². The van der Waals surface area contributed by atoms with E-state index in [1.807, 2.05) is 32.0 Å². The highest BCUT2D eigenvalue weighted by Crippen LogP contribution is 2.08. The summed E-state index contributed by atoms with van der Waals surface area (Å²) in [6, 6.07) is 7.27. The number of benzene rings is 1. The second-order valence-electron chi connectivity index (χ2n) is 3.94. The number of hydrogen-bond donors (Lipinski definition) is 2. The van der Waals surface area contributed by atoms with Gasteiger partial charge in [0.25, 0.3) is 5.91 Å². The van der Waals surface area contributed by atoms with Crippen LogP contribution in [-0.2, 0) is 0 Å². The van der Waals surface area contributed by atoms with Crippen LogP contribution >= 0.6 is 0 Å². The van der Waals surface area contributed by atoms with E-state index in [-0.39, 0.29) is 11.9 Å². The molecule has 1 heterocycles. The standard InChI is InChI=1S/C12H14N4O/c1-8-4-3-5-10(6-8)12(17)15-9(2)11-13-7-14-16-11/h3-7,9H,1-2H3,(H,15,17)(H,13,14,16). The SMILES string of the molecule is Cc1cccc(C(=O)NC(C)c2ncn[nH]2)c1. The van der Waals surface area contributed by atoms with Gasteiger partial charge < -0.3 is 5.32 Å². The molecule has 0 radical (unpaired) electrons. The van der Waals surface area contributed by atoms with E-state index < -0.39 is 0 Å². The van der Waals surface area contributed by atoms with Crippen LogP contribution in [0, 0.1) is 6.92 Å². The Morgan fingerprint density at radius 1 is 1.47 bits per heavy atom. The normalized spacial score (nSPS) is 12.1. The van der Waals surface area contributed by atoms with Crippen molar-refractivity contribution in [3.05, 3.63) is 47.5 Å². The molecule has 88 valence electrons. The third-order valence-electron chi connectivity index (χ3n) is 2.47. The fourth-order valence-electron chi connectivity index (χ4n) is 1.56. The minimum Gasteiger partial charge on any atom is -0.342 e. The van der Waals surface area contributed by atoms with Crippen LogP contribution in [0.5, 0.6) is 0 Å². The average molecular weight is 230 g/mol. The monoisotopic (exact) mass is 230 g/mol. The first-order valence-corrected chi connectivity index (χ1v) is 5.39. The van der Waals surface area contributed by atoms with Crippen molar-refractivity contribution in [2.24, 2.45) is 0 Å². The summed E-state index contributed by atoms with van der Waals surface area (Å²) in [5.74, 6) is 0.531. The summed E-state index contributed by atoms with van der Waals surface area (Å²) in [6.07, 6.45) is 1.42. The highest BCUT2D eigenvalue weighted by Gasteiger charge is 2.13. The summed E-state index contributed by atoms with van der Waals surface area (Å²) in [5, 5.41) is 9.33. The van der Waals surface area contributed by atoms with Crippen LogP contribution in [0.1, 0.15) is 34.7 Å². The Hall–Kier alpha value is -2.17. The van der Waals surface area contributed by atoms with Crippen molar-refractivity contribution in [1.29, 1.82) is 0 Å². The second kappa shape index (κ2) is 4.78. The predicted molar refractivity (Wildman–Crippen MR) is 63.4 cm³/mol. The minimum absolute atomic E-state index is 0.113. The Morgan fingerprint density at radius 3 is 2.94 bits per heavy atom. The number of carbonyl (C=O) groups is 1. The van der Waals surface area contributed by atoms with Crippen LogP contribution in [0.25, 0.3) is 0 Å². The number of nitrogens with zero attached hydrogens (tertiary/aromatic N) is 2. The molecule has 0 spiro atoms. The zero-order valence-corrected chi connectivity index (χ0v) is 9.77. The molecule has 0 aliphatic heterocycles. The first kappa shape index (κ1) is 11.3. The number of aromatic amines is 1. The van der Waals surface area contributed by atoms with E-state index in [9.17, 15) is 4.79 Å². The molecular formula is C12H14N4O. The molecule has 1 aromatic carbocycles. The molecule has 0 saturated carbocycles. The van der Waals surface area contributed by atoms with Crippen LogP contribution in [-0.4, -0.2) is 21.1 Å². The Balaban J connectivity index is 2.07. The van der Waals surface area contributed by atoms with Crippen LogP contribution in [0.3, 0.4) is 0 Å². The van der Waals surface area contributed by atoms with Gasteiger partial charge in [0.05, 0.1) is 6.04 Å². The zero-order chi connectivity index (χ0) is 12.3. The summed E-state index contributed by atoms with van der Waals surface area (Å²) in [7, 11) is 0. The van der Waals surface area contributed by atoms with Crippen LogP contribution < -0.4 is 5.32 Å².